The summed E-state index contributed by atoms with van der Waals surface area (Å²) >= 11 is 0. The molecule has 3 aliphatic rings. The predicted molar refractivity (Wildman–Crippen MR) is 80.2 cm³/mol. The van der Waals surface area contributed by atoms with Crippen molar-refractivity contribution < 1.29 is 18.8 Å². The number of anilines is 1. The molecule has 1 heterocycles. The fraction of sp³-hybridized carbons (Fsp3) is 0.471. The molecule has 2 saturated carbocycles. The van der Waals surface area contributed by atoms with Crippen LogP contribution in [0, 0.1) is 23.6 Å². The Morgan fingerprint density at radius 2 is 2.00 bits per heavy atom. The highest BCUT2D eigenvalue weighted by Crippen LogP contribution is 2.51. The van der Waals surface area contributed by atoms with E-state index in [4.69, 9.17) is 5.73 Å². The van der Waals surface area contributed by atoms with Crippen LogP contribution in [-0.2, 0) is 9.59 Å². The minimum atomic E-state index is -1.10. The Hall–Kier alpha value is -2.24. The number of amides is 3. The SMILES string of the molecule is NC(=O)N1C(=O)C(C(=O)C2CC3CCC2C3)c2cc(F)ccc21. The number of Topliss-reactive ketones (excluding diaryl/α,β-unsaturated/α-hetero) is 1. The molecule has 4 atom stereocenters. The predicted octanol–water partition coefficient (Wildman–Crippen LogP) is 2.34. The number of benzene rings is 1. The van der Waals surface area contributed by atoms with Gasteiger partial charge in [-0.15, -0.1) is 0 Å². The molecular formula is C17H17FN2O3. The van der Waals surface area contributed by atoms with E-state index >= 15 is 0 Å². The van der Waals surface area contributed by atoms with Gasteiger partial charge in [-0.2, -0.15) is 0 Å². The van der Waals surface area contributed by atoms with Gasteiger partial charge in [0.2, 0.25) is 5.91 Å². The van der Waals surface area contributed by atoms with Crippen LogP contribution in [0.3, 0.4) is 0 Å². The molecule has 0 radical (unpaired) electrons. The Morgan fingerprint density at radius 3 is 2.61 bits per heavy atom. The Labute approximate surface area is 132 Å². The van der Waals surface area contributed by atoms with Gasteiger partial charge in [0.25, 0.3) is 0 Å². The third-order valence-electron chi connectivity index (χ3n) is 5.62. The lowest BCUT2D eigenvalue weighted by molar-refractivity contribution is -0.131. The number of imide groups is 1. The van der Waals surface area contributed by atoms with Gasteiger partial charge in [0.05, 0.1) is 5.69 Å². The van der Waals surface area contributed by atoms with Gasteiger partial charge in [-0.05, 0) is 54.9 Å². The zero-order chi connectivity index (χ0) is 16.3. The summed E-state index contributed by atoms with van der Waals surface area (Å²) in [5.74, 6) is -1.74. The Balaban J connectivity index is 1.74. The molecule has 2 bridgehead atoms. The molecular weight excluding hydrogens is 299 g/mol. The van der Waals surface area contributed by atoms with Crippen LogP contribution in [0.4, 0.5) is 14.9 Å². The van der Waals surface area contributed by atoms with Gasteiger partial charge >= 0.3 is 6.03 Å². The van der Waals surface area contributed by atoms with Crippen molar-refractivity contribution in [3.8, 4) is 0 Å². The first-order valence-electron chi connectivity index (χ1n) is 7.94. The van der Waals surface area contributed by atoms with Crippen molar-refractivity contribution in [3.05, 3.63) is 29.6 Å². The monoisotopic (exact) mass is 316 g/mol. The molecule has 2 fully saturated rings. The molecule has 1 aliphatic heterocycles. The van der Waals surface area contributed by atoms with Crippen LogP contribution in [-0.4, -0.2) is 17.7 Å². The molecule has 0 spiro atoms. The quantitative estimate of drug-likeness (QED) is 0.850. The highest BCUT2D eigenvalue weighted by Gasteiger charge is 2.51. The molecule has 0 saturated heterocycles. The molecule has 1 aromatic rings. The van der Waals surface area contributed by atoms with Crippen molar-refractivity contribution in [1.29, 1.82) is 0 Å². The lowest BCUT2D eigenvalue weighted by Crippen LogP contribution is -2.41. The van der Waals surface area contributed by atoms with E-state index < -0.39 is 23.7 Å². The number of urea groups is 1. The second kappa shape index (κ2) is 4.88. The molecule has 5 nitrogen and oxygen atoms in total. The number of nitrogens with two attached hydrogens (primary N) is 1. The average Bonchev–Trinajstić information content (AvgIpc) is 3.18. The molecule has 2 N–H and O–H groups in total. The lowest BCUT2D eigenvalue weighted by atomic mass is 9.79. The van der Waals surface area contributed by atoms with Crippen molar-refractivity contribution in [2.75, 3.05) is 4.90 Å². The maximum Gasteiger partial charge on any atom is 0.326 e. The maximum atomic E-state index is 13.6. The summed E-state index contributed by atoms with van der Waals surface area (Å²) in [4.78, 5) is 38.0. The average molecular weight is 316 g/mol. The smallest absolute Gasteiger partial charge is 0.326 e. The van der Waals surface area contributed by atoms with Gasteiger partial charge in [0, 0.05) is 5.92 Å². The number of ketones is 1. The molecule has 3 amide bonds. The summed E-state index contributed by atoms with van der Waals surface area (Å²) in [6.45, 7) is 0. The molecule has 0 aromatic heterocycles. The number of carbonyl (C=O) groups is 3. The van der Waals surface area contributed by atoms with Crippen molar-refractivity contribution >= 4 is 23.4 Å². The third kappa shape index (κ3) is 2.00. The zero-order valence-electron chi connectivity index (χ0n) is 12.5. The van der Waals surface area contributed by atoms with Crippen LogP contribution >= 0.6 is 0 Å². The second-order valence-corrected chi connectivity index (χ2v) is 6.83. The van der Waals surface area contributed by atoms with Crippen molar-refractivity contribution in [3.63, 3.8) is 0 Å². The number of hydrogen-bond acceptors (Lipinski definition) is 3. The highest BCUT2D eigenvalue weighted by molar-refractivity contribution is 6.27. The van der Waals surface area contributed by atoms with Crippen LogP contribution in [0.25, 0.3) is 0 Å². The highest BCUT2D eigenvalue weighted by atomic mass is 19.1. The van der Waals surface area contributed by atoms with Gasteiger partial charge in [0.1, 0.15) is 11.7 Å². The number of primary amides is 1. The summed E-state index contributed by atoms with van der Waals surface area (Å²) < 4.78 is 13.6. The molecule has 23 heavy (non-hydrogen) atoms. The molecule has 120 valence electrons. The number of halogens is 1. The summed E-state index contributed by atoms with van der Waals surface area (Å²) in [5.41, 5.74) is 5.77. The number of nitrogens with zero attached hydrogens (tertiary/aromatic N) is 1. The second-order valence-electron chi connectivity index (χ2n) is 6.83. The molecule has 6 heteroatoms. The van der Waals surface area contributed by atoms with Gasteiger partial charge < -0.3 is 5.73 Å². The Morgan fingerprint density at radius 1 is 1.22 bits per heavy atom. The summed E-state index contributed by atoms with van der Waals surface area (Å²) in [5, 5.41) is 0. The summed E-state index contributed by atoms with van der Waals surface area (Å²) in [6.07, 6.45) is 3.99. The minimum Gasteiger partial charge on any atom is -0.351 e. The summed E-state index contributed by atoms with van der Waals surface area (Å²) in [6, 6.07) is 2.73. The van der Waals surface area contributed by atoms with Gasteiger partial charge in [-0.3, -0.25) is 9.59 Å². The summed E-state index contributed by atoms with van der Waals surface area (Å²) in [7, 11) is 0. The topological polar surface area (TPSA) is 80.5 Å². The first-order valence-corrected chi connectivity index (χ1v) is 7.94. The van der Waals surface area contributed by atoms with E-state index in [1.807, 2.05) is 0 Å². The van der Waals surface area contributed by atoms with Gasteiger partial charge in [-0.1, -0.05) is 6.42 Å². The largest absolute Gasteiger partial charge is 0.351 e. The molecule has 1 aromatic carbocycles. The lowest BCUT2D eigenvalue weighted by Gasteiger charge is -2.23. The number of hydrogen-bond donors (Lipinski definition) is 1. The maximum absolute atomic E-state index is 13.6. The Kier molecular flexibility index (Phi) is 3.04. The first kappa shape index (κ1) is 14.4. The fourth-order valence-electron chi connectivity index (χ4n) is 4.65. The van der Waals surface area contributed by atoms with E-state index in [0.29, 0.717) is 11.8 Å². The van der Waals surface area contributed by atoms with Crippen LogP contribution in [0.15, 0.2) is 18.2 Å². The van der Waals surface area contributed by atoms with Crippen molar-refractivity contribution in [2.24, 2.45) is 23.5 Å². The zero-order valence-corrected chi connectivity index (χ0v) is 12.5. The fourth-order valence-corrected chi connectivity index (χ4v) is 4.65. The third-order valence-corrected chi connectivity index (χ3v) is 5.62. The van der Waals surface area contributed by atoms with Crippen molar-refractivity contribution in [2.45, 2.75) is 31.6 Å². The van der Waals surface area contributed by atoms with Crippen molar-refractivity contribution in [1.82, 2.24) is 0 Å². The van der Waals surface area contributed by atoms with E-state index in [2.05, 4.69) is 0 Å². The Bertz CT molecular complexity index is 733. The van der Waals surface area contributed by atoms with E-state index in [1.54, 1.807) is 0 Å². The van der Waals surface area contributed by atoms with E-state index in [0.717, 1.165) is 36.6 Å². The minimum absolute atomic E-state index is 0.161. The van der Waals surface area contributed by atoms with Gasteiger partial charge in [-0.25, -0.2) is 14.1 Å². The number of carbonyl (C=O) groups excluding carboxylic acids is 3. The number of rotatable bonds is 2. The molecule has 2 aliphatic carbocycles. The number of fused-ring (bicyclic) bond motifs is 3. The van der Waals surface area contributed by atoms with E-state index in [1.165, 1.54) is 12.1 Å². The molecule has 4 rings (SSSR count). The van der Waals surface area contributed by atoms with Crippen LogP contribution in [0.1, 0.15) is 37.2 Å². The van der Waals surface area contributed by atoms with Crippen LogP contribution in [0.2, 0.25) is 0 Å². The van der Waals surface area contributed by atoms with E-state index in [-0.39, 0.29) is 23.0 Å². The normalized spacial score (nSPS) is 31.5. The first-order chi connectivity index (χ1) is 11.0. The standard InChI is InChI=1S/C17H17FN2O3/c18-10-3-4-13-12(7-10)14(16(22)20(13)17(19)23)15(21)11-6-8-1-2-9(11)5-8/h3-4,7-9,11,14H,1-2,5-6H2,(H2,19,23). The van der Waals surface area contributed by atoms with Crippen LogP contribution < -0.4 is 10.6 Å². The van der Waals surface area contributed by atoms with Gasteiger partial charge in [0.15, 0.2) is 5.78 Å². The van der Waals surface area contributed by atoms with Crippen LogP contribution in [0.5, 0.6) is 0 Å². The van der Waals surface area contributed by atoms with E-state index in [9.17, 15) is 18.8 Å². The molecule has 4 unspecified atom stereocenters.